The van der Waals surface area contributed by atoms with E-state index in [2.05, 4.69) is 38.2 Å². The van der Waals surface area contributed by atoms with Gasteiger partial charge in [0.1, 0.15) is 6.04 Å². The molecule has 0 aliphatic carbocycles. The molecule has 1 saturated heterocycles. The maximum atomic E-state index is 12.1. The maximum Gasteiger partial charge on any atom is 0.240 e. The standard InChI is InChI=1S/C18H26N2O3/c1-18(2,3)14-6-4-12(5-7-14)10-15(16(19)21)20-17(22)13-8-9-23-11-13/h4-7,13,15H,8-11H2,1-3H3,(H2,19,21)(H,20,22)/t13-,15+/m1/s1. The van der Waals surface area contributed by atoms with Crippen molar-refractivity contribution in [3.05, 3.63) is 35.4 Å². The number of carbonyl (C=O) groups excluding carboxylic acids is 2. The van der Waals surface area contributed by atoms with Gasteiger partial charge in [0, 0.05) is 13.0 Å². The van der Waals surface area contributed by atoms with E-state index in [1.54, 1.807) is 0 Å². The number of carbonyl (C=O) groups is 2. The van der Waals surface area contributed by atoms with Crippen LogP contribution in [0.3, 0.4) is 0 Å². The molecular formula is C18H26N2O3. The van der Waals surface area contributed by atoms with Crippen molar-refractivity contribution in [1.82, 2.24) is 5.32 Å². The molecule has 1 aromatic rings. The summed E-state index contributed by atoms with van der Waals surface area (Å²) in [6.07, 6.45) is 1.09. The Balaban J connectivity index is 2.01. The second kappa shape index (κ2) is 7.13. The number of nitrogens with one attached hydrogen (secondary N) is 1. The van der Waals surface area contributed by atoms with E-state index in [0.717, 1.165) is 5.56 Å². The van der Waals surface area contributed by atoms with E-state index >= 15 is 0 Å². The SMILES string of the molecule is CC(C)(C)c1ccc(C[C@H](NC(=O)[C@@H]2CCOC2)C(N)=O)cc1. The molecule has 126 valence electrons. The number of nitrogens with two attached hydrogens (primary N) is 1. The van der Waals surface area contributed by atoms with Gasteiger partial charge >= 0.3 is 0 Å². The summed E-state index contributed by atoms with van der Waals surface area (Å²) in [7, 11) is 0. The fraction of sp³-hybridized carbons (Fsp3) is 0.556. The molecule has 1 fully saturated rings. The fourth-order valence-corrected chi connectivity index (χ4v) is 2.63. The molecule has 0 saturated carbocycles. The van der Waals surface area contributed by atoms with Crippen molar-refractivity contribution in [1.29, 1.82) is 0 Å². The first-order chi connectivity index (χ1) is 10.8. The third-order valence-electron chi connectivity index (χ3n) is 4.22. The summed E-state index contributed by atoms with van der Waals surface area (Å²) >= 11 is 0. The van der Waals surface area contributed by atoms with E-state index in [1.807, 2.05) is 12.1 Å². The minimum Gasteiger partial charge on any atom is -0.381 e. The number of amides is 2. The second-order valence-corrected chi connectivity index (χ2v) is 7.18. The molecule has 1 aliphatic rings. The number of primary amides is 1. The third kappa shape index (κ3) is 4.79. The Kier molecular flexibility index (Phi) is 5.42. The first-order valence-corrected chi connectivity index (χ1v) is 8.04. The van der Waals surface area contributed by atoms with Crippen molar-refractivity contribution in [2.24, 2.45) is 11.7 Å². The molecule has 2 amide bonds. The highest BCUT2D eigenvalue weighted by Gasteiger charge is 2.27. The summed E-state index contributed by atoms with van der Waals surface area (Å²) < 4.78 is 5.21. The molecule has 5 heteroatoms. The van der Waals surface area contributed by atoms with Crippen LogP contribution in [-0.2, 0) is 26.2 Å². The molecule has 0 spiro atoms. The molecule has 1 heterocycles. The van der Waals surface area contributed by atoms with E-state index < -0.39 is 11.9 Å². The van der Waals surface area contributed by atoms with Crippen LogP contribution in [0.15, 0.2) is 24.3 Å². The second-order valence-electron chi connectivity index (χ2n) is 7.18. The minimum atomic E-state index is -0.691. The first-order valence-electron chi connectivity index (χ1n) is 8.04. The molecule has 3 N–H and O–H groups in total. The molecule has 0 bridgehead atoms. The largest absolute Gasteiger partial charge is 0.381 e. The minimum absolute atomic E-state index is 0.0817. The molecule has 1 aliphatic heterocycles. The molecule has 23 heavy (non-hydrogen) atoms. The number of ether oxygens (including phenoxy) is 1. The van der Waals surface area contributed by atoms with E-state index in [4.69, 9.17) is 10.5 Å². The molecular weight excluding hydrogens is 292 g/mol. The van der Waals surface area contributed by atoms with Crippen molar-refractivity contribution in [3.8, 4) is 0 Å². The van der Waals surface area contributed by atoms with Crippen LogP contribution in [0.25, 0.3) is 0 Å². The topological polar surface area (TPSA) is 81.4 Å². The van der Waals surface area contributed by atoms with Gasteiger partial charge in [0.25, 0.3) is 0 Å². The lowest BCUT2D eigenvalue weighted by molar-refractivity contribution is -0.129. The van der Waals surface area contributed by atoms with Gasteiger partial charge in [-0.3, -0.25) is 9.59 Å². The zero-order valence-electron chi connectivity index (χ0n) is 14.1. The van der Waals surface area contributed by atoms with E-state index in [1.165, 1.54) is 5.56 Å². The Hall–Kier alpha value is -1.88. The van der Waals surface area contributed by atoms with Crippen molar-refractivity contribution in [2.45, 2.75) is 45.1 Å². The van der Waals surface area contributed by atoms with Crippen LogP contribution in [0, 0.1) is 5.92 Å². The fourth-order valence-electron chi connectivity index (χ4n) is 2.63. The summed E-state index contributed by atoms with van der Waals surface area (Å²) in [5.74, 6) is -0.852. The van der Waals surface area contributed by atoms with Crippen LogP contribution in [0.5, 0.6) is 0 Å². The molecule has 2 atom stereocenters. The van der Waals surface area contributed by atoms with Crippen LogP contribution in [0.2, 0.25) is 0 Å². The normalized spacial score (nSPS) is 19.3. The van der Waals surface area contributed by atoms with Crippen molar-refractivity contribution >= 4 is 11.8 Å². The smallest absolute Gasteiger partial charge is 0.240 e. The molecule has 0 aromatic heterocycles. The van der Waals surface area contributed by atoms with Crippen molar-refractivity contribution in [3.63, 3.8) is 0 Å². The molecule has 5 nitrogen and oxygen atoms in total. The molecule has 1 aromatic carbocycles. The van der Waals surface area contributed by atoms with Gasteiger partial charge in [0.15, 0.2) is 0 Å². The molecule has 2 rings (SSSR count). The zero-order chi connectivity index (χ0) is 17.0. The van der Waals surface area contributed by atoms with Gasteiger partial charge in [-0.05, 0) is 23.0 Å². The lowest BCUT2D eigenvalue weighted by Crippen LogP contribution is -2.48. The predicted octanol–water partition coefficient (Wildman–Crippen LogP) is 1.53. The van der Waals surface area contributed by atoms with Gasteiger partial charge < -0.3 is 15.8 Å². The number of hydrogen-bond donors (Lipinski definition) is 2. The van der Waals surface area contributed by atoms with Crippen molar-refractivity contribution in [2.75, 3.05) is 13.2 Å². The van der Waals surface area contributed by atoms with Crippen molar-refractivity contribution < 1.29 is 14.3 Å². The monoisotopic (exact) mass is 318 g/mol. The van der Waals surface area contributed by atoms with Gasteiger partial charge in [0.2, 0.25) is 11.8 Å². The Bertz CT molecular complexity index is 555. The van der Waals surface area contributed by atoms with Crippen LogP contribution < -0.4 is 11.1 Å². The van der Waals surface area contributed by atoms with E-state index in [9.17, 15) is 9.59 Å². The molecule has 0 unspecified atom stereocenters. The van der Waals surface area contributed by atoms with Crippen LogP contribution in [-0.4, -0.2) is 31.1 Å². The average molecular weight is 318 g/mol. The average Bonchev–Trinajstić information content (AvgIpc) is 3.00. The lowest BCUT2D eigenvalue weighted by atomic mass is 9.86. The van der Waals surface area contributed by atoms with E-state index in [-0.39, 0.29) is 17.2 Å². The molecule has 0 radical (unpaired) electrons. The maximum absolute atomic E-state index is 12.1. The van der Waals surface area contributed by atoms with Gasteiger partial charge in [-0.2, -0.15) is 0 Å². The van der Waals surface area contributed by atoms with E-state index in [0.29, 0.717) is 26.1 Å². The third-order valence-corrected chi connectivity index (χ3v) is 4.22. The summed E-state index contributed by atoms with van der Waals surface area (Å²) in [6.45, 7) is 7.46. The Morgan fingerprint density at radius 1 is 1.30 bits per heavy atom. The Labute approximate surface area is 137 Å². The van der Waals surface area contributed by atoms with Gasteiger partial charge in [-0.25, -0.2) is 0 Å². The number of hydrogen-bond acceptors (Lipinski definition) is 3. The highest BCUT2D eigenvalue weighted by Crippen LogP contribution is 2.22. The number of rotatable bonds is 5. The zero-order valence-corrected chi connectivity index (χ0v) is 14.1. The number of benzene rings is 1. The van der Waals surface area contributed by atoms with Crippen LogP contribution >= 0.6 is 0 Å². The highest BCUT2D eigenvalue weighted by atomic mass is 16.5. The van der Waals surface area contributed by atoms with Gasteiger partial charge in [-0.1, -0.05) is 45.0 Å². The summed E-state index contributed by atoms with van der Waals surface area (Å²) in [5, 5.41) is 2.76. The highest BCUT2D eigenvalue weighted by molar-refractivity contribution is 5.87. The van der Waals surface area contributed by atoms with Gasteiger partial charge in [0.05, 0.1) is 12.5 Å². The Morgan fingerprint density at radius 3 is 2.43 bits per heavy atom. The summed E-state index contributed by atoms with van der Waals surface area (Å²) in [5.41, 5.74) is 7.73. The predicted molar refractivity (Wildman–Crippen MR) is 88.9 cm³/mol. The Morgan fingerprint density at radius 2 is 1.96 bits per heavy atom. The summed E-state index contributed by atoms with van der Waals surface area (Å²) in [4.78, 5) is 23.8. The van der Waals surface area contributed by atoms with Gasteiger partial charge in [-0.15, -0.1) is 0 Å². The quantitative estimate of drug-likeness (QED) is 0.864. The van der Waals surface area contributed by atoms with Crippen LogP contribution in [0.1, 0.15) is 38.3 Å². The van der Waals surface area contributed by atoms with Crippen LogP contribution in [0.4, 0.5) is 0 Å². The first kappa shape index (κ1) is 17.5. The lowest BCUT2D eigenvalue weighted by Gasteiger charge is -2.20. The summed E-state index contributed by atoms with van der Waals surface area (Å²) in [6, 6.07) is 7.39.